The zero-order valence-corrected chi connectivity index (χ0v) is 16.3. The third-order valence-electron chi connectivity index (χ3n) is 4.38. The van der Waals surface area contributed by atoms with E-state index >= 15 is 0 Å². The molecule has 0 aliphatic carbocycles. The van der Waals surface area contributed by atoms with Crippen LogP contribution < -0.4 is 4.90 Å². The first-order valence-electron chi connectivity index (χ1n) is 8.56. The van der Waals surface area contributed by atoms with Crippen LogP contribution in [-0.4, -0.2) is 4.98 Å². The number of fused-ring (bicyclic) bond motifs is 1. The molecule has 8 heteroatoms. The number of rotatable bonds is 4. The van der Waals surface area contributed by atoms with Gasteiger partial charge in [0.1, 0.15) is 15.6 Å². The van der Waals surface area contributed by atoms with Crippen LogP contribution in [0.15, 0.2) is 66.9 Å². The fourth-order valence-electron chi connectivity index (χ4n) is 3.02. The molecule has 0 amide bonds. The number of halogens is 5. The molecular weight excluding hydrogens is 424 g/mol. The van der Waals surface area contributed by atoms with Crippen LogP contribution in [0.5, 0.6) is 0 Å². The van der Waals surface area contributed by atoms with Crippen LogP contribution in [0.4, 0.5) is 28.3 Å². The van der Waals surface area contributed by atoms with Crippen molar-refractivity contribution in [2.45, 2.75) is 12.7 Å². The van der Waals surface area contributed by atoms with Gasteiger partial charge in [-0.05, 0) is 42.0 Å². The number of benzene rings is 2. The lowest BCUT2D eigenvalue weighted by molar-refractivity contribution is -0.140. The van der Waals surface area contributed by atoms with Gasteiger partial charge in [0, 0.05) is 23.8 Å². The molecule has 0 bridgehead atoms. The quantitative estimate of drug-likeness (QED) is 0.309. The van der Waals surface area contributed by atoms with Gasteiger partial charge in [0.25, 0.3) is 0 Å². The van der Waals surface area contributed by atoms with E-state index in [1.807, 2.05) is 41.3 Å². The molecule has 0 fully saturated rings. The number of thiophene rings is 1. The molecule has 29 heavy (non-hydrogen) atoms. The Morgan fingerprint density at radius 1 is 1.00 bits per heavy atom. The molecule has 148 valence electrons. The van der Waals surface area contributed by atoms with Gasteiger partial charge in [0.15, 0.2) is 0 Å². The van der Waals surface area contributed by atoms with Gasteiger partial charge in [-0.25, -0.2) is 9.37 Å². The van der Waals surface area contributed by atoms with Gasteiger partial charge in [0.05, 0.1) is 10.6 Å². The van der Waals surface area contributed by atoms with Gasteiger partial charge in [-0.15, -0.1) is 0 Å². The second-order valence-electron chi connectivity index (χ2n) is 6.31. The predicted molar refractivity (Wildman–Crippen MR) is 108 cm³/mol. The van der Waals surface area contributed by atoms with Crippen LogP contribution in [0.1, 0.15) is 11.1 Å². The first-order valence-corrected chi connectivity index (χ1v) is 9.75. The van der Waals surface area contributed by atoms with Crippen LogP contribution in [-0.2, 0) is 12.7 Å². The highest BCUT2D eigenvalue weighted by Gasteiger charge is 2.34. The van der Waals surface area contributed by atoms with E-state index in [2.05, 4.69) is 4.98 Å². The summed E-state index contributed by atoms with van der Waals surface area (Å²) in [5, 5.41) is 1.90. The molecule has 0 saturated heterocycles. The first kappa shape index (κ1) is 19.7. The minimum atomic E-state index is -4.77. The zero-order chi connectivity index (χ0) is 20.6. The Morgan fingerprint density at radius 2 is 1.76 bits per heavy atom. The number of para-hydroxylation sites is 1. The monoisotopic (exact) mass is 436 g/mol. The molecule has 4 aromatic rings. The minimum absolute atomic E-state index is 0.0832. The van der Waals surface area contributed by atoms with Gasteiger partial charge in [0.2, 0.25) is 0 Å². The smallest absolute Gasteiger partial charge is 0.328 e. The van der Waals surface area contributed by atoms with Crippen LogP contribution >= 0.6 is 22.9 Å². The highest BCUT2D eigenvalue weighted by Crippen LogP contribution is 2.44. The van der Waals surface area contributed by atoms with Crippen molar-refractivity contribution in [3.05, 3.63) is 88.8 Å². The summed E-state index contributed by atoms with van der Waals surface area (Å²) in [6.45, 7) is 0.0832. The van der Waals surface area contributed by atoms with Crippen molar-refractivity contribution in [3.8, 4) is 0 Å². The molecule has 0 aliphatic heterocycles. The van der Waals surface area contributed by atoms with E-state index in [4.69, 9.17) is 11.6 Å². The maximum atomic E-state index is 13.7. The zero-order valence-electron chi connectivity index (χ0n) is 14.8. The number of hydrogen-bond donors (Lipinski definition) is 0. The number of nitrogens with zero attached hydrogens (tertiary/aromatic N) is 2. The molecule has 0 spiro atoms. The molecule has 2 heterocycles. The Morgan fingerprint density at radius 3 is 2.45 bits per heavy atom. The van der Waals surface area contributed by atoms with Crippen LogP contribution in [0.25, 0.3) is 10.2 Å². The first-order chi connectivity index (χ1) is 13.8. The van der Waals surface area contributed by atoms with Crippen molar-refractivity contribution >= 4 is 43.8 Å². The molecule has 0 atom stereocenters. The Labute approximate surface area is 173 Å². The maximum absolute atomic E-state index is 13.7. The van der Waals surface area contributed by atoms with Crippen molar-refractivity contribution in [2.75, 3.05) is 4.90 Å². The van der Waals surface area contributed by atoms with Crippen LogP contribution in [0, 0.1) is 5.82 Å². The summed E-state index contributed by atoms with van der Waals surface area (Å²) in [6, 6.07) is 15.8. The summed E-state index contributed by atoms with van der Waals surface area (Å²) in [7, 11) is 0. The van der Waals surface area contributed by atoms with Gasteiger partial charge < -0.3 is 4.90 Å². The summed E-state index contributed by atoms with van der Waals surface area (Å²) in [4.78, 5) is 6.85. The summed E-state index contributed by atoms with van der Waals surface area (Å²) in [5.41, 5.74) is -0.227. The molecule has 4 rings (SSSR count). The van der Waals surface area contributed by atoms with E-state index in [9.17, 15) is 17.6 Å². The van der Waals surface area contributed by atoms with E-state index in [-0.39, 0.29) is 6.54 Å². The third kappa shape index (κ3) is 3.93. The van der Waals surface area contributed by atoms with Gasteiger partial charge in [-0.2, -0.15) is 13.2 Å². The number of alkyl halides is 3. The summed E-state index contributed by atoms with van der Waals surface area (Å²) in [5.74, 6) is -1.29. The van der Waals surface area contributed by atoms with Gasteiger partial charge in [-0.3, -0.25) is 0 Å². The predicted octanol–water partition coefficient (Wildman–Crippen LogP) is 7.45. The molecule has 0 unspecified atom stereocenters. The number of hydrogen-bond acceptors (Lipinski definition) is 3. The molecule has 0 aliphatic rings. The lowest BCUT2D eigenvalue weighted by atomic mass is 10.1. The lowest BCUT2D eigenvalue weighted by Crippen LogP contribution is -2.17. The van der Waals surface area contributed by atoms with Crippen molar-refractivity contribution in [1.82, 2.24) is 4.98 Å². The van der Waals surface area contributed by atoms with Crippen molar-refractivity contribution in [1.29, 1.82) is 0 Å². The van der Waals surface area contributed by atoms with E-state index in [0.29, 0.717) is 15.6 Å². The summed E-state index contributed by atoms with van der Waals surface area (Å²) < 4.78 is 53.1. The Balaban J connectivity index is 1.82. The summed E-state index contributed by atoms with van der Waals surface area (Å²) in [6.07, 6.45) is -3.11. The average Bonchev–Trinajstić information content (AvgIpc) is 3.04. The normalized spacial score (nSPS) is 11.8. The van der Waals surface area contributed by atoms with Crippen molar-refractivity contribution in [2.24, 2.45) is 0 Å². The Bertz CT molecular complexity index is 1160. The molecule has 2 aromatic heterocycles. The standard InChI is InChI=1S/C21H13ClF4N2S/c22-18-15-7-4-10-27-19(15)29-20(18)28(14-5-2-1-3-6-14)12-13-8-9-17(23)16(11-13)21(24,25)26/h1-11H,12H2. The second kappa shape index (κ2) is 7.65. The fourth-order valence-corrected chi connectivity index (χ4v) is 4.51. The number of aromatic nitrogens is 1. The van der Waals surface area contributed by atoms with E-state index in [0.717, 1.165) is 28.0 Å². The van der Waals surface area contributed by atoms with Gasteiger partial charge in [-0.1, -0.05) is 47.2 Å². The maximum Gasteiger partial charge on any atom is 0.419 e. The fraction of sp³-hybridized carbons (Fsp3) is 0.0952. The Hall–Kier alpha value is -2.64. The minimum Gasteiger partial charge on any atom is -0.328 e. The highest BCUT2D eigenvalue weighted by atomic mass is 35.5. The van der Waals surface area contributed by atoms with Crippen molar-refractivity contribution in [3.63, 3.8) is 0 Å². The highest BCUT2D eigenvalue weighted by molar-refractivity contribution is 7.23. The summed E-state index contributed by atoms with van der Waals surface area (Å²) >= 11 is 7.93. The molecular formula is C21H13ClF4N2S. The molecule has 0 radical (unpaired) electrons. The number of pyridine rings is 1. The van der Waals surface area contributed by atoms with Crippen LogP contribution in [0.2, 0.25) is 5.02 Å². The molecule has 2 nitrogen and oxygen atoms in total. The largest absolute Gasteiger partial charge is 0.419 e. The topological polar surface area (TPSA) is 16.1 Å². The SMILES string of the molecule is Fc1ccc(CN(c2ccccc2)c2sc3ncccc3c2Cl)cc1C(F)(F)F. The van der Waals surface area contributed by atoms with Gasteiger partial charge >= 0.3 is 6.18 Å². The van der Waals surface area contributed by atoms with E-state index in [1.54, 1.807) is 12.3 Å². The molecule has 0 saturated carbocycles. The lowest BCUT2D eigenvalue weighted by Gasteiger charge is -2.24. The molecule has 0 N–H and O–H groups in total. The van der Waals surface area contributed by atoms with Crippen molar-refractivity contribution < 1.29 is 17.6 Å². The second-order valence-corrected chi connectivity index (χ2v) is 7.67. The average molecular weight is 437 g/mol. The van der Waals surface area contributed by atoms with E-state index < -0.39 is 17.6 Å². The number of anilines is 2. The Kier molecular flexibility index (Phi) is 5.19. The third-order valence-corrected chi connectivity index (χ3v) is 6.01. The molecule has 2 aromatic carbocycles. The van der Waals surface area contributed by atoms with E-state index in [1.165, 1.54) is 17.4 Å². The van der Waals surface area contributed by atoms with Crippen LogP contribution in [0.3, 0.4) is 0 Å².